The van der Waals surface area contributed by atoms with Crippen molar-refractivity contribution in [3.63, 3.8) is 0 Å². The van der Waals surface area contributed by atoms with Crippen LogP contribution in [-0.4, -0.2) is 38.1 Å². The Hall–Kier alpha value is -2.08. The van der Waals surface area contributed by atoms with Gasteiger partial charge in [0, 0.05) is 18.7 Å². The zero-order valence-corrected chi connectivity index (χ0v) is 12.4. The molecular formula is C15H23N3O3. The van der Waals surface area contributed by atoms with Crippen LogP contribution in [0.5, 0.6) is 5.75 Å². The smallest absolute Gasteiger partial charge is 0.248 e. The molecule has 0 spiro atoms. The number of hydrogen-bond donors (Lipinski definition) is 3. The number of hydrogen-bond acceptors (Lipinski definition) is 4. The fourth-order valence-corrected chi connectivity index (χ4v) is 1.66. The fourth-order valence-electron chi connectivity index (χ4n) is 1.66. The van der Waals surface area contributed by atoms with Crippen LogP contribution in [0.3, 0.4) is 0 Å². The molecule has 0 heterocycles. The van der Waals surface area contributed by atoms with Gasteiger partial charge >= 0.3 is 0 Å². The molecule has 6 heteroatoms. The molecular weight excluding hydrogens is 270 g/mol. The minimum atomic E-state index is -0.474. The van der Waals surface area contributed by atoms with Crippen molar-refractivity contribution < 1.29 is 14.3 Å². The van der Waals surface area contributed by atoms with Gasteiger partial charge in [0.15, 0.2) is 0 Å². The largest absolute Gasteiger partial charge is 0.493 e. The normalized spacial score (nSPS) is 10.1. The second kappa shape index (κ2) is 9.77. The second-order valence-electron chi connectivity index (χ2n) is 4.59. The summed E-state index contributed by atoms with van der Waals surface area (Å²) in [5.41, 5.74) is 5.57. The van der Waals surface area contributed by atoms with E-state index in [0.717, 1.165) is 19.5 Å². The number of ether oxygens (including phenoxy) is 1. The average Bonchev–Trinajstić information content (AvgIpc) is 2.47. The van der Waals surface area contributed by atoms with E-state index in [9.17, 15) is 9.59 Å². The van der Waals surface area contributed by atoms with Gasteiger partial charge in [-0.1, -0.05) is 6.92 Å². The molecule has 0 unspecified atom stereocenters. The minimum Gasteiger partial charge on any atom is -0.493 e. The summed E-state index contributed by atoms with van der Waals surface area (Å²) >= 11 is 0. The van der Waals surface area contributed by atoms with Gasteiger partial charge in [-0.15, -0.1) is 0 Å². The van der Waals surface area contributed by atoms with Crippen molar-refractivity contribution in [2.75, 3.05) is 26.2 Å². The molecule has 0 aliphatic carbocycles. The monoisotopic (exact) mass is 293 g/mol. The summed E-state index contributed by atoms with van der Waals surface area (Å²) in [6.07, 6.45) is 1.38. The Morgan fingerprint density at radius 3 is 2.48 bits per heavy atom. The van der Waals surface area contributed by atoms with Gasteiger partial charge in [-0.05, 0) is 37.2 Å². The van der Waals surface area contributed by atoms with Gasteiger partial charge in [-0.2, -0.15) is 0 Å². The topological polar surface area (TPSA) is 93.4 Å². The molecule has 4 N–H and O–H groups in total. The third kappa shape index (κ3) is 7.31. The van der Waals surface area contributed by atoms with Gasteiger partial charge in [0.05, 0.1) is 13.0 Å². The van der Waals surface area contributed by atoms with Crippen molar-refractivity contribution in [1.29, 1.82) is 0 Å². The molecule has 1 aromatic carbocycles. The summed E-state index contributed by atoms with van der Waals surface area (Å²) in [5.74, 6) is 0.0945. The maximum atomic E-state index is 11.5. The van der Waals surface area contributed by atoms with Crippen LogP contribution in [0.25, 0.3) is 0 Å². The van der Waals surface area contributed by atoms with Crippen molar-refractivity contribution in [3.8, 4) is 5.75 Å². The molecule has 1 rings (SSSR count). The van der Waals surface area contributed by atoms with Gasteiger partial charge in [0.25, 0.3) is 0 Å². The minimum absolute atomic E-state index is 0.0398. The van der Waals surface area contributed by atoms with Crippen LogP contribution < -0.4 is 21.1 Å². The lowest BCUT2D eigenvalue weighted by Gasteiger charge is -2.08. The highest BCUT2D eigenvalue weighted by Gasteiger charge is 2.03. The Kier molecular flexibility index (Phi) is 7.89. The van der Waals surface area contributed by atoms with Crippen LogP contribution in [0.15, 0.2) is 24.3 Å². The van der Waals surface area contributed by atoms with E-state index in [1.807, 2.05) is 0 Å². The van der Waals surface area contributed by atoms with E-state index in [0.29, 0.717) is 30.9 Å². The molecule has 0 aliphatic heterocycles. The van der Waals surface area contributed by atoms with Crippen LogP contribution >= 0.6 is 0 Å². The van der Waals surface area contributed by atoms with Gasteiger partial charge < -0.3 is 21.1 Å². The highest BCUT2D eigenvalue weighted by molar-refractivity contribution is 5.92. The van der Waals surface area contributed by atoms with E-state index in [2.05, 4.69) is 17.6 Å². The second-order valence-corrected chi connectivity index (χ2v) is 4.59. The summed E-state index contributed by atoms with van der Waals surface area (Å²) in [6.45, 7) is 4.74. The van der Waals surface area contributed by atoms with E-state index >= 15 is 0 Å². The summed E-state index contributed by atoms with van der Waals surface area (Å²) in [4.78, 5) is 22.4. The molecule has 0 aliphatic rings. The number of carbonyl (C=O) groups is 2. The third-order valence-corrected chi connectivity index (χ3v) is 2.79. The zero-order chi connectivity index (χ0) is 15.5. The molecule has 0 saturated heterocycles. The highest BCUT2D eigenvalue weighted by atomic mass is 16.5. The molecule has 6 nitrogen and oxygen atoms in total. The summed E-state index contributed by atoms with van der Waals surface area (Å²) in [5, 5.41) is 6.01. The lowest BCUT2D eigenvalue weighted by atomic mass is 10.2. The van der Waals surface area contributed by atoms with Gasteiger partial charge in [0.2, 0.25) is 11.8 Å². The molecule has 0 saturated carbocycles. The van der Waals surface area contributed by atoms with Crippen LogP contribution in [-0.2, 0) is 4.79 Å². The highest BCUT2D eigenvalue weighted by Crippen LogP contribution is 2.11. The lowest BCUT2D eigenvalue weighted by molar-refractivity contribution is -0.121. The van der Waals surface area contributed by atoms with E-state index in [-0.39, 0.29) is 5.91 Å². The van der Waals surface area contributed by atoms with E-state index in [1.54, 1.807) is 24.3 Å². The molecule has 0 aromatic heterocycles. The van der Waals surface area contributed by atoms with Gasteiger partial charge in [-0.3, -0.25) is 9.59 Å². The van der Waals surface area contributed by atoms with E-state index < -0.39 is 5.91 Å². The van der Waals surface area contributed by atoms with Gasteiger partial charge in [0.1, 0.15) is 5.75 Å². The number of amides is 2. The van der Waals surface area contributed by atoms with Crippen molar-refractivity contribution in [2.24, 2.45) is 5.73 Å². The predicted molar refractivity (Wildman–Crippen MR) is 81.2 cm³/mol. The molecule has 1 aromatic rings. The van der Waals surface area contributed by atoms with Crippen LogP contribution in [0.4, 0.5) is 0 Å². The molecule has 0 bridgehead atoms. The van der Waals surface area contributed by atoms with Crippen LogP contribution in [0.1, 0.15) is 30.1 Å². The van der Waals surface area contributed by atoms with Gasteiger partial charge in [-0.25, -0.2) is 0 Å². The van der Waals surface area contributed by atoms with E-state index in [4.69, 9.17) is 10.5 Å². The van der Waals surface area contributed by atoms with Crippen molar-refractivity contribution in [3.05, 3.63) is 29.8 Å². The Bertz CT molecular complexity index is 446. The van der Waals surface area contributed by atoms with E-state index in [1.165, 1.54) is 0 Å². The lowest BCUT2D eigenvalue weighted by Crippen LogP contribution is -2.32. The standard InChI is InChI=1S/C15H23N3O3/c1-2-8-17-9-10-18-14(19)7-11-21-13-5-3-12(4-6-13)15(16)20/h3-6,17H,2,7-11H2,1H3,(H2,16,20)(H,18,19). The Balaban J connectivity index is 2.15. The van der Waals surface area contributed by atoms with Crippen LogP contribution in [0, 0.1) is 0 Å². The van der Waals surface area contributed by atoms with Crippen molar-refractivity contribution in [1.82, 2.24) is 10.6 Å². The third-order valence-electron chi connectivity index (χ3n) is 2.79. The summed E-state index contributed by atoms with van der Waals surface area (Å²) in [7, 11) is 0. The number of nitrogens with two attached hydrogens (primary N) is 1. The quantitative estimate of drug-likeness (QED) is 0.553. The molecule has 116 valence electrons. The number of nitrogens with one attached hydrogen (secondary N) is 2. The Morgan fingerprint density at radius 2 is 1.86 bits per heavy atom. The maximum absolute atomic E-state index is 11.5. The number of rotatable bonds is 10. The first-order valence-corrected chi connectivity index (χ1v) is 7.13. The SMILES string of the molecule is CCCNCCNC(=O)CCOc1ccc(C(N)=O)cc1. The Labute approximate surface area is 125 Å². The predicted octanol–water partition coefficient (Wildman–Crippen LogP) is 0.670. The van der Waals surface area contributed by atoms with Crippen molar-refractivity contribution >= 4 is 11.8 Å². The Morgan fingerprint density at radius 1 is 1.14 bits per heavy atom. The number of carbonyl (C=O) groups excluding carboxylic acids is 2. The summed E-state index contributed by atoms with van der Waals surface area (Å²) < 4.78 is 5.43. The van der Waals surface area contributed by atoms with Crippen LogP contribution in [0.2, 0.25) is 0 Å². The number of primary amides is 1. The first-order chi connectivity index (χ1) is 10.1. The molecule has 2 amide bonds. The zero-order valence-electron chi connectivity index (χ0n) is 12.4. The van der Waals surface area contributed by atoms with Crippen molar-refractivity contribution in [2.45, 2.75) is 19.8 Å². The first-order valence-electron chi connectivity index (χ1n) is 7.13. The summed E-state index contributed by atoms with van der Waals surface area (Å²) in [6, 6.07) is 6.51. The molecule has 0 radical (unpaired) electrons. The molecule has 0 atom stereocenters. The molecule has 0 fully saturated rings. The maximum Gasteiger partial charge on any atom is 0.248 e. The average molecular weight is 293 g/mol. The number of benzene rings is 1. The molecule has 21 heavy (non-hydrogen) atoms. The first kappa shape index (κ1) is 17.0. The fraction of sp³-hybridized carbons (Fsp3) is 0.467.